The van der Waals surface area contributed by atoms with E-state index < -0.39 is 5.97 Å². The van der Waals surface area contributed by atoms with Crippen LogP contribution >= 0.6 is 0 Å². The van der Waals surface area contributed by atoms with Crippen LogP contribution in [-0.2, 0) is 0 Å². The van der Waals surface area contributed by atoms with E-state index >= 15 is 0 Å². The summed E-state index contributed by atoms with van der Waals surface area (Å²) < 4.78 is 5.27. The van der Waals surface area contributed by atoms with Crippen molar-refractivity contribution in [1.82, 2.24) is 10.3 Å². The summed E-state index contributed by atoms with van der Waals surface area (Å²) in [7, 11) is 1.56. The first-order valence-corrected chi connectivity index (χ1v) is 5.70. The lowest BCUT2D eigenvalue weighted by Gasteiger charge is -2.24. The molecule has 0 amide bonds. The van der Waals surface area contributed by atoms with Gasteiger partial charge in [0.15, 0.2) is 5.69 Å². The molecule has 1 aromatic heterocycles. The maximum absolute atomic E-state index is 10.8. The number of nitrogens with zero attached hydrogens (tertiary/aromatic N) is 1. The number of carbonyl (C=O) groups is 1. The van der Waals surface area contributed by atoms with Gasteiger partial charge in [-0.2, -0.15) is 0 Å². The van der Waals surface area contributed by atoms with Crippen LogP contribution in [0.25, 0.3) is 0 Å². The number of carboxylic acid groups (broad SMARTS) is 1. The van der Waals surface area contributed by atoms with Crippen molar-refractivity contribution in [1.29, 1.82) is 0 Å². The first kappa shape index (κ1) is 11.9. The summed E-state index contributed by atoms with van der Waals surface area (Å²) in [6.07, 6.45) is 3.70. The second kappa shape index (κ2) is 5.14. The number of piperidine rings is 1. The summed E-state index contributed by atoms with van der Waals surface area (Å²) in [5, 5.41) is 12.2. The zero-order chi connectivity index (χ0) is 12.3. The van der Waals surface area contributed by atoms with Crippen molar-refractivity contribution in [3.05, 3.63) is 23.5 Å². The number of carboxylic acids is 1. The Morgan fingerprint density at radius 1 is 1.53 bits per heavy atom. The van der Waals surface area contributed by atoms with Crippen molar-refractivity contribution in [3.63, 3.8) is 0 Å². The van der Waals surface area contributed by atoms with Crippen LogP contribution in [0.4, 0.5) is 0 Å². The fraction of sp³-hybridized carbons (Fsp3) is 0.500. The number of methoxy groups -OCH3 is 1. The zero-order valence-electron chi connectivity index (χ0n) is 9.77. The van der Waals surface area contributed by atoms with Crippen LogP contribution in [0.15, 0.2) is 12.3 Å². The van der Waals surface area contributed by atoms with Crippen molar-refractivity contribution in [2.75, 3.05) is 20.2 Å². The Bertz CT molecular complexity index is 414. The Morgan fingerprint density at radius 2 is 2.24 bits per heavy atom. The SMILES string of the molecule is COc1cc(C(=O)O)ncc1C1CCNCC1. The monoisotopic (exact) mass is 236 g/mol. The lowest BCUT2D eigenvalue weighted by atomic mass is 9.90. The minimum absolute atomic E-state index is 0.0273. The van der Waals surface area contributed by atoms with E-state index in [1.807, 2.05) is 0 Å². The van der Waals surface area contributed by atoms with Gasteiger partial charge in [-0.15, -0.1) is 0 Å². The number of nitrogens with one attached hydrogen (secondary N) is 1. The van der Waals surface area contributed by atoms with E-state index in [1.165, 1.54) is 6.07 Å². The van der Waals surface area contributed by atoms with Gasteiger partial charge in [0.2, 0.25) is 0 Å². The summed E-state index contributed by atoms with van der Waals surface area (Å²) in [6.45, 7) is 1.96. The average molecular weight is 236 g/mol. The van der Waals surface area contributed by atoms with Gasteiger partial charge >= 0.3 is 5.97 Å². The molecule has 1 aromatic rings. The third kappa shape index (κ3) is 2.55. The van der Waals surface area contributed by atoms with Crippen molar-refractivity contribution in [2.45, 2.75) is 18.8 Å². The maximum atomic E-state index is 10.8. The smallest absolute Gasteiger partial charge is 0.354 e. The molecule has 0 saturated carbocycles. The molecule has 1 aliphatic rings. The van der Waals surface area contributed by atoms with Crippen molar-refractivity contribution >= 4 is 5.97 Å². The largest absolute Gasteiger partial charge is 0.496 e. The van der Waals surface area contributed by atoms with Crippen molar-refractivity contribution in [3.8, 4) is 5.75 Å². The molecule has 1 saturated heterocycles. The van der Waals surface area contributed by atoms with Gasteiger partial charge in [-0.25, -0.2) is 9.78 Å². The average Bonchev–Trinajstić information content (AvgIpc) is 2.39. The van der Waals surface area contributed by atoms with Gasteiger partial charge in [0.05, 0.1) is 7.11 Å². The van der Waals surface area contributed by atoms with Gasteiger partial charge in [0.1, 0.15) is 5.75 Å². The van der Waals surface area contributed by atoms with Crippen LogP contribution in [0.3, 0.4) is 0 Å². The fourth-order valence-electron chi connectivity index (χ4n) is 2.18. The van der Waals surface area contributed by atoms with Gasteiger partial charge in [-0.05, 0) is 31.8 Å². The third-order valence-electron chi connectivity index (χ3n) is 3.11. The Labute approximate surface area is 99.8 Å². The Balaban J connectivity index is 2.29. The summed E-state index contributed by atoms with van der Waals surface area (Å²) in [6, 6.07) is 1.50. The molecule has 0 spiro atoms. The number of hydrogen-bond donors (Lipinski definition) is 2. The third-order valence-corrected chi connectivity index (χ3v) is 3.11. The number of rotatable bonds is 3. The molecule has 2 heterocycles. The molecule has 0 bridgehead atoms. The van der Waals surface area contributed by atoms with Crippen LogP contribution in [0.5, 0.6) is 5.75 Å². The van der Waals surface area contributed by atoms with Crippen LogP contribution in [0, 0.1) is 0 Å². The molecular formula is C12H16N2O3. The normalized spacial score (nSPS) is 16.8. The highest BCUT2D eigenvalue weighted by atomic mass is 16.5. The van der Waals surface area contributed by atoms with Gasteiger partial charge < -0.3 is 15.2 Å². The second-order valence-corrected chi connectivity index (χ2v) is 4.14. The summed E-state index contributed by atoms with van der Waals surface area (Å²) in [4.78, 5) is 14.8. The summed E-state index contributed by atoms with van der Waals surface area (Å²) >= 11 is 0. The number of pyridine rings is 1. The molecule has 17 heavy (non-hydrogen) atoms. The molecule has 5 nitrogen and oxygen atoms in total. The second-order valence-electron chi connectivity index (χ2n) is 4.14. The van der Waals surface area contributed by atoms with Gasteiger partial charge in [-0.3, -0.25) is 0 Å². The van der Waals surface area contributed by atoms with Crippen molar-refractivity contribution in [2.24, 2.45) is 0 Å². The van der Waals surface area contributed by atoms with Gasteiger partial charge in [0, 0.05) is 17.8 Å². The zero-order valence-corrected chi connectivity index (χ0v) is 9.77. The molecule has 1 aliphatic heterocycles. The molecule has 0 radical (unpaired) electrons. The summed E-state index contributed by atoms with van der Waals surface area (Å²) in [5.41, 5.74) is 1.04. The molecule has 92 valence electrons. The van der Waals surface area contributed by atoms with Crippen LogP contribution in [0.1, 0.15) is 34.8 Å². The molecule has 0 aromatic carbocycles. The predicted octanol–water partition coefficient (Wildman–Crippen LogP) is 1.26. The first-order valence-electron chi connectivity index (χ1n) is 5.70. The minimum atomic E-state index is -1.03. The lowest BCUT2D eigenvalue weighted by molar-refractivity contribution is 0.0690. The van der Waals surface area contributed by atoms with Gasteiger partial charge in [-0.1, -0.05) is 0 Å². The van der Waals surface area contributed by atoms with E-state index in [9.17, 15) is 4.79 Å². The standard InChI is InChI=1S/C12H16N2O3/c1-17-11-6-10(12(15)16)14-7-9(11)8-2-4-13-5-3-8/h6-8,13H,2-5H2,1H3,(H,15,16). The molecule has 0 aliphatic carbocycles. The summed E-state index contributed by atoms with van der Waals surface area (Å²) in [5.74, 6) is 0.00556. The Hall–Kier alpha value is -1.62. The minimum Gasteiger partial charge on any atom is -0.496 e. The topological polar surface area (TPSA) is 71.5 Å². The number of aromatic carboxylic acids is 1. The molecule has 0 unspecified atom stereocenters. The van der Waals surface area contributed by atoms with Crippen LogP contribution < -0.4 is 10.1 Å². The predicted molar refractivity (Wildman–Crippen MR) is 62.6 cm³/mol. The lowest BCUT2D eigenvalue weighted by Crippen LogP contribution is -2.27. The molecule has 2 N–H and O–H groups in total. The van der Waals surface area contributed by atoms with Crippen LogP contribution in [-0.4, -0.2) is 36.3 Å². The first-order chi connectivity index (χ1) is 8.22. The van der Waals surface area contributed by atoms with E-state index in [0.29, 0.717) is 11.7 Å². The molecular weight excluding hydrogens is 220 g/mol. The number of ether oxygens (including phenoxy) is 1. The maximum Gasteiger partial charge on any atom is 0.354 e. The Morgan fingerprint density at radius 3 is 2.82 bits per heavy atom. The molecule has 1 fully saturated rings. The highest BCUT2D eigenvalue weighted by Gasteiger charge is 2.20. The van der Waals surface area contributed by atoms with Crippen molar-refractivity contribution < 1.29 is 14.6 Å². The van der Waals surface area contributed by atoms with E-state index in [-0.39, 0.29) is 5.69 Å². The molecule has 2 rings (SSSR count). The fourth-order valence-corrected chi connectivity index (χ4v) is 2.18. The molecule has 0 atom stereocenters. The quantitative estimate of drug-likeness (QED) is 0.826. The van der Waals surface area contributed by atoms with Gasteiger partial charge in [0.25, 0.3) is 0 Å². The molecule has 5 heteroatoms. The van der Waals surface area contributed by atoms with E-state index in [2.05, 4.69) is 10.3 Å². The highest BCUT2D eigenvalue weighted by molar-refractivity contribution is 5.85. The number of hydrogen-bond acceptors (Lipinski definition) is 4. The van der Waals surface area contributed by atoms with Crippen LogP contribution in [0.2, 0.25) is 0 Å². The van der Waals surface area contributed by atoms with E-state index in [1.54, 1.807) is 13.3 Å². The number of aromatic nitrogens is 1. The van der Waals surface area contributed by atoms with E-state index in [0.717, 1.165) is 31.5 Å². The Kier molecular flexibility index (Phi) is 3.58. The highest BCUT2D eigenvalue weighted by Crippen LogP contribution is 2.32. The van der Waals surface area contributed by atoms with E-state index in [4.69, 9.17) is 9.84 Å².